The van der Waals surface area contributed by atoms with Crippen LogP contribution in [0.4, 0.5) is 0 Å². The molecule has 1 aliphatic rings. The van der Waals surface area contributed by atoms with Gasteiger partial charge < -0.3 is 5.11 Å². The lowest BCUT2D eigenvalue weighted by atomic mass is 10.1. The van der Waals surface area contributed by atoms with Crippen LogP contribution in [0, 0.1) is 0 Å². The minimum Gasteiger partial charge on any atom is -0.480 e. The van der Waals surface area contributed by atoms with E-state index in [1.165, 1.54) is 18.4 Å². The first kappa shape index (κ1) is 9.71. The van der Waals surface area contributed by atoms with Crippen LogP contribution in [0.2, 0.25) is 0 Å². The summed E-state index contributed by atoms with van der Waals surface area (Å²) in [6, 6.07) is 7.84. The summed E-state index contributed by atoms with van der Waals surface area (Å²) in [6.45, 7) is 0. The second-order valence-electron chi connectivity index (χ2n) is 3.65. The van der Waals surface area contributed by atoms with Gasteiger partial charge in [0.05, 0.1) is 0 Å². The monoisotopic (exact) mass is 254 g/mol. The first-order valence-corrected chi connectivity index (χ1v) is 5.57. The molecule has 1 saturated carbocycles. The summed E-state index contributed by atoms with van der Waals surface area (Å²) in [5, 5.41) is 8.83. The Bertz CT molecular complexity index is 358. The minimum absolute atomic E-state index is 0.582. The van der Waals surface area contributed by atoms with E-state index >= 15 is 0 Å². The molecular weight excluding hydrogens is 244 g/mol. The van der Waals surface area contributed by atoms with Crippen LogP contribution in [0.5, 0.6) is 0 Å². The SMILES string of the molecule is O=C(O)C(Br)c1cccc(C2CC2)c1. The van der Waals surface area contributed by atoms with Crippen molar-refractivity contribution in [2.45, 2.75) is 23.6 Å². The number of benzene rings is 1. The molecule has 74 valence electrons. The number of hydrogen-bond donors (Lipinski definition) is 1. The van der Waals surface area contributed by atoms with E-state index in [1.807, 2.05) is 18.2 Å². The average molecular weight is 255 g/mol. The molecule has 1 aliphatic carbocycles. The molecule has 2 rings (SSSR count). The van der Waals surface area contributed by atoms with E-state index in [0.29, 0.717) is 5.92 Å². The summed E-state index contributed by atoms with van der Waals surface area (Å²) in [5.74, 6) is -0.165. The fourth-order valence-electron chi connectivity index (χ4n) is 1.53. The van der Waals surface area contributed by atoms with E-state index < -0.39 is 10.8 Å². The van der Waals surface area contributed by atoms with Crippen molar-refractivity contribution in [2.24, 2.45) is 0 Å². The highest BCUT2D eigenvalue weighted by Gasteiger charge is 2.24. The molecule has 0 amide bonds. The van der Waals surface area contributed by atoms with Crippen molar-refractivity contribution in [3.05, 3.63) is 35.4 Å². The van der Waals surface area contributed by atoms with Crippen molar-refractivity contribution >= 4 is 21.9 Å². The summed E-state index contributed by atoms with van der Waals surface area (Å²) in [6.07, 6.45) is 2.48. The Morgan fingerprint density at radius 2 is 2.21 bits per heavy atom. The summed E-state index contributed by atoms with van der Waals surface area (Å²) >= 11 is 3.15. The van der Waals surface area contributed by atoms with Crippen molar-refractivity contribution in [1.82, 2.24) is 0 Å². The van der Waals surface area contributed by atoms with Crippen LogP contribution in [0.3, 0.4) is 0 Å². The largest absolute Gasteiger partial charge is 0.480 e. The minimum atomic E-state index is -0.835. The van der Waals surface area contributed by atoms with E-state index in [4.69, 9.17) is 5.11 Å². The maximum Gasteiger partial charge on any atom is 0.321 e. The Hall–Kier alpha value is -0.830. The molecular formula is C11H11BrO2. The molecule has 0 aromatic heterocycles. The molecule has 2 nitrogen and oxygen atoms in total. The molecule has 1 aromatic rings. The molecule has 0 aliphatic heterocycles. The van der Waals surface area contributed by atoms with Crippen molar-refractivity contribution in [3.63, 3.8) is 0 Å². The Morgan fingerprint density at radius 3 is 2.79 bits per heavy atom. The van der Waals surface area contributed by atoms with E-state index in [-0.39, 0.29) is 0 Å². The molecule has 0 bridgehead atoms. The molecule has 14 heavy (non-hydrogen) atoms. The molecule has 3 heteroatoms. The van der Waals surface area contributed by atoms with Crippen molar-refractivity contribution in [2.75, 3.05) is 0 Å². The van der Waals surface area contributed by atoms with Gasteiger partial charge in [-0.1, -0.05) is 40.2 Å². The van der Waals surface area contributed by atoms with Crippen LogP contribution >= 0.6 is 15.9 Å². The third-order valence-corrected chi connectivity index (χ3v) is 3.39. The van der Waals surface area contributed by atoms with E-state index in [1.54, 1.807) is 0 Å². The quantitative estimate of drug-likeness (QED) is 0.842. The predicted molar refractivity (Wildman–Crippen MR) is 57.7 cm³/mol. The highest BCUT2D eigenvalue weighted by molar-refractivity contribution is 9.09. The zero-order valence-electron chi connectivity index (χ0n) is 7.61. The molecule has 0 saturated heterocycles. The zero-order chi connectivity index (χ0) is 10.1. The van der Waals surface area contributed by atoms with Gasteiger partial charge in [0.25, 0.3) is 0 Å². The van der Waals surface area contributed by atoms with Crippen molar-refractivity contribution in [3.8, 4) is 0 Å². The number of carboxylic acids is 1. The summed E-state index contributed by atoms with van der Waals surface area (Å²) < 4.78 is 0. The number of hydrogen-bond acceptors (Lipinski definition) is 1. The zero-order valence-corrected chi connectivity index (χ0v) is 9.20. The summed E-state index contributed by atoms with van der Waals surface area (Å²) in [4.78, 5) is 10.2. The molecule has 1 fully saturated rings. The lowest BCUT2D eigenvalue weighted by molar-refractivity contribution is -0.136. The molecule has 1 unspecified atom stereocenters. The van der Waals surface area contributed by atoms with Crippen LogP contribution in [-0.4, -0.2) is 11.1 Å². The predicted octanol–water partition coefficient (Wildman–Crippen LogP) is 3.08. The Morgan fingerprint density at radius 1 is 1.50 bits per heavy atom. The molecule has 0 radical (unpaired) electrons. The van der Waals surface area contributed by atoms with Gasteiger partial charge in [0.15, 0.2) is 0 Å². The van der Waals surface area contributed by atoms with Gasteiger partial charge in [0.1, 0.15) is 4.83 Å². The van der Waals surface area contributed by atoms with Gasteiger partial charge in [0.2, 0.25) is 0 Å². The molecule has 1 aromatic carbocycles. The molecule has 0 heterocycles. The van der Waals surface area contributed by atoms with Crippen LogP contribution in [0.25, 0.3) is 0 Å². The lowest BCUT2D eigenvalue weighted by Gasteiger charge is -2.06. The van der Waals surface area contributed by atoms with Crippen molar-refractivity contribution < 1.29 is 9.90 Å². The number of rotatable bonds is 3. The second-order valence-corrected chi connectivity index (χ2v) is 4.56. The van der Waals surface area contributed by atoms with Crippen LogP contribution < -0.4 is 0 Å². The fraction of sp³-hybridized carbons (Fsp3) is 0.364. The maximum absolute atomic E-state index is 10.7. The highest BCUT2D eigenvalue weighted by Crippen LogP contribution is 2.41. The number of carboxylic acid groups (broad SMARTS) is 1. The third-order valence-electron chi connectivity index (χ3n) is 2.47. The molecule has 1 atom stereocenters. The van der Waals surface area contributed by atoms with Gasteiger partial charge in [0, 0.05) is 0 Å². The standard InChI is InChI=1S/C11H11BrO2/c12-10(11(13)14)9-3-1-2-8(6-9)7-4-5-7/h1-3,6-7,10H,4-5H2,(H,13,14). The van der Waals surface area contributed by atoms with Crippen molar-refractivity contribution in [1.29, 1.82) is 0 Å². The van der Waals surface area contributed by atoms with Gasteiger partial charge >= 0.3 is 5.97 Å². The Balaban J connectivity index is 2.25. The number of aliphatic carboxylic acids is 1. The van der Waals surface area contributed by atoms with Crippen LogP contribution in [-0.2, 0) is 4.79 Å². The topological polar surface area (TPSA) is 37.3 Å². The summed E-state index contributed by atoms with van der Waals surface area (Å²) in [5.41, 5.74) is 2.11. The molecule has 1 N–H and O–H groups in total. The summed E-state index contributed by atoms with van der Waals surface area (Å²) in [7, 11) is 0. The van der Waals surface area contributed by atoms with E-state index in [0.717, 1.165) is 5.56 Å². The van der Waals surface area contributed by atoms with Crippen LogP contribution in [0.1, 0.15) is 34.7 Å². The van der Waals surface area contributed by atoms with Gasteiger partial charge in [-0.05, 0) is 29.9 Å². The number of alkyl halides is 1. The Labute approximate surface area is 91.1 Å². The van der Waals surface area contributed by atoms with Gasteiger partial charge in [-0.2, -0.15) is 0 Å². The first-order chi connectivity index (χ1) is 6.68. The van der Waals surface area contributed by atoms with Crippen LogP contribution in [0.15, 0.2) is 24.3 Å². The smallest absolute Gasteiger partial charge is 0.321 e. The molecule has 0 spiro atoms. The Kier molecular flexibility index (Phi) is 2.59. The second kappa shape index (κ2) is 3.73. The maximum atomic E-state index is 10.7. The van der Waals surface area contributed by atoms with Gasteiger partial charge in [-0.15, -0.1) is 0 Å². The lowest BCUT2D eigenvalue weighted by Crippen LogP contribution is -2.04. The highest BCUT2D eigenvalue weighted by atomic mass is 79.9. The van der Waals surface area contributed by atoms with E-state index in [2.05, 4.69) is 22.0 Å². The first-order valence-electron chi connectivity index (χ1n) is 4.65. The normalized spacial score (nSPS) is 17.8. The van der Waals surface area contributed by atoms with E-state index in [9.17, 15) is 4.79 Å². The third kappa shape index (κ3) is 1.98. The van der Waals surface area contributed by atoms with Gasteiger partial charge in [-0.25, -0.2) is 0 Å². The average Bonchev–Trinajstić information content (AvgIpc) is 3.00. The number of carbonyl (C=O) groups is 1. The fourth-order valence-corrected chi connectivity index (χ4v) is 1.81. The number of halogens is 1. The van der Waals surface area contributed by atoms with Gasteiger partial charge in [-0.3, -0.25) is 4.79 Å².